The van der Waals surface area contributed by atoms with Crippen LogP contribution in [0.3, 0.4) is 0 Å². The zero-order valence-electron chi connectivity index (χ0n) is 24.6. The number of piperidine rings is 1. The van der Waals surface area contributed by atoms with Crippen LogP contribution in [0.1, 0.15) is 33.4 Å². The first-order valence-electron chi connectivity index (χ1n) is 14.1. The molecule has 1 saturated heterocycles. The van der Waals surface area contributed by atoms with Gasteiger partial charge in [0.25, 0.3) is 12.3 Å². The summed E-state index contributed by atoms with van der Waals surface area (Å²) >= 11 is 1.09. The Morgan fingerprint density at radius 2 is 2.00 bits per heavy atom. The van der Waals surface area contributed by atoms with Crippen LogP contribution in [0.15, 0.2) is 36.4 Å². The first-order chi connectivity index (χ1) is 21.1. The summed E-state index contributed by atoms with van der Waals surface area (Å²) in [4.78, 5) is 14.5. The summed E-state index contributed by atoms with van der Waals surface area (Å²) < 4.78 is 67.6. The molecule has 3 aromatic rings. The van der Waals surface area contributed by atoms with Crippen molar-refractivity contribution in [2.24, 2.45) is 0 Å². The molecule has 44 heavy (non-hydrogen) atoms. The van der Waals surface area contributed by atoms with E-state index in [0.29, 0.717) is 45.7 Å². The SMILES string of the molecule is COCC(O)CNC(=O)c1ccc(NCC#Cc2sc3c(NC4CCN(C)CC4F)cccc3c2C(F)C(F)F)c(OC)c1. The number of benzene rings is 2. The molecule has 8 nitrogen and oxygen atoms in total. The summed E-state index contributed by atoms with van der Waals surface area (Å²) in [7, 11) is 4.74. The van der Waals surface area contributed by atoms with E-state index < -0.39 is 36.8 Å². The van der Waals surface area contributed by atoms with Gasteiger partial charge in [-0.25, -0.2) is 17.6 Å². The van der Waals surface area contributed by atoms with Crippen LogP contribution in [-0.2, 0) is 4.74 Å². The van der Waals surface area contributed by atoms with Crippen LogP contribution >= 0.6 is 11.3 Å². The first kappa shape index (κ1) is 33.3. The number of aliphatic hydroxyl groups excluding tert-OH is 1. The number of hydrogen-bond donors (Lipinski definition) is 4. The Hall–Kier alpha value is -3.57. The average molecular weight is 637 g/mol. The third kappa shape index (κ3) is 8.12. The van der Waals surface area contributed by atoms with Gasteiger partial charge in [0.2, 0.25) is 0 Å². The quantitative estimate of drug-likeness (QED) is 0.167. The third-order valence-corrected chi connectivity index (χ3v) is 8.40. The van der Waals surface area contributed by atoms with E-state index >= 15 is 0 Å². The molecule has 1 fully saturated rings. The molecule has 0 radical (unpaired) electrons. The summed E-state index contributed by atoms with van der Waals surface area (Å²) in [6, 6.07) is 9.21. The molecule has 4 rings (SSSR count). The number of ether oxygens (including phenoxy) is 2. The fraction of sp³-hybridized carbons (Fsp3) is 0.452. The summed E-state index contributed by atoms with van der Waals surface area (Å²) in [6.45, 7) is 1.16. The molecular weight excluding hydrogens is 600 g/mol. The summed E-state index contributed by atoms with van der Waals surface area (Å²) in [5.74, 6) is 5.66. The van der Waals surface area contributed by atoms with Crippen LogP contribution < -0.4 is 20.7 Å². The van der Waals surface area contributed by atoms with Gasteiger partial charge in [0.15, 0.2) is 6.17 Å². The zero-order chi connectivity index (χ0) is 31.8. The molecule has 4 atom stereocenters. The number of nitrogens with one attached hydrogen (secondary N) is 3. The third-order valence-electron chi connectivity index (χ3n) is 7.23. The molecule has 1 aromatic heterocycles. The Morgan fingerprint density at radius 1 is 1.20 bits per heavy atom. The second kappa shape index (κ2) is 15.4. The Morgan fingerprint density at radius 3 is 2.70 bits per heavy atom. The molecule has 0 bridgehead atoms. The van der Waals surface area contributed by atoms with Crippen molar-refractivity contribution in [2.75, 3.05) is 64.7 Å². The molecule has 2 heterocycles. The highest BCUT2D eigenvalue weighted by molar-refractivity contribution is 7.20. The van der Waals surface area contributed by atoms with Crippen molar-refractivity contribution in [1.29, 1.82) is 0 Å². The van der Waals surface area contributed by atoms with Crippen molar-refractivity contribution in [3.63, 3.8) is 0 Å². The largest absolute Gasteiger partial charge is 0.495 e. The smallest absolute Gasteiger partial charge is 0.273 e. The Balaban J connectivity index is 1.52. The van der Waals surface area contributed by atoms with E-state index in [1.54, 1.807) is 30.3 Å². The van der Waals surface area contributed by atoms with Crippen LogP contribution in [0.25, 0.3) is 10.1 Å². The molecule has 1 aliphatic rings. The van der Waals surface area contributed by atoms with E-state index in [2.05, 4.69) is 27.8 Å². The van der Waals surface area contributed by atoms with Crippen molar-refractivity contribution in [1.82, 2.24) is 10.2 Å². The number of alkyl halides is 4. The number of carbonyl (C=O) groups excluding carboxylic acids is 1. The van der Waals surface area contributed by atoms with E-state index in [9.17, 15) is 27.5 Å². The van der Waals surface area contributed by atoms with Crippen LogP contribution in [0.4, 0.5) is 28.9 Å². The van der Waals surface area contributed by atoms with E-state index in [4.69, 9.17) is 9.47 Å². The van der Waals surface area contributed by atoms with Crippen molar-refractivity contribution >= 4 is 38.7 Å². The Bertz CT molecular complexity index is 1490. The monoisotopic (exact) mass is 636 g/mol. The topological polar surface area (TPSA) is 95.1 Å². The van der Waals surface area contributed by atoms with Crippen molar-refractivity contribution in [3.05, 3.63) is 52.4 Å². The van der Waals surface area contributed by atoms with E-state index in [0.717, 1.165) is 11.3 Å². The average Bonchev–Trinajstić information content (AvgIpc) is 3.38. The predicted octanol–water partition coefficient (Wildman–Crippen LogP) is 4.84. The van der Waals surface area contributed by atoms with Crippen LogP contribution in [0.2, 0.25) is 0 Å². The van der Waals surface area contributed by atoms with Gasteiger partial charge in [-0.15, -0.1) is 11.3 Å². The molecule has 4 unspecified atom stereocenters. The fourth-order valence-electron chi connectivity index (χ4n) is 4.97. The highest BCUT2D eigenvalue weighted by Gasteiger charge is 2.31. The molecule has 0 aliphatic carbocycles. The second-order valence-electron chi connectivity index (χ2n) is 10.5. The number of nitrogens with zero attached hydrogens (tertiary/aromatic N) is 1. The number of rotatable bonds is 12. The Labute approximate surface area is 257 Å². The van der Waals surface area contributed by atoms with E-state index in [-0.39, 0.29) is 36.7 Å². The maximum absolute atomic E-state index is 14.9. The molecule has 0 spiro atoms. The van der Waals surface area contributed by atoms with Crippen molar-refractivity contribution < 1.29 is 36.9 Å². The van der Waals surface area contributed by atoms with E-state index in [1.165, 1.54) is 20.3 Å². The molecule has 2 aromatic carbocycles. The van der Waals surface area contributed by atoms with Gasteiger partial charge in [-0.05, 0) is 37.7 Å². The molecule has 1 aliphatic heterocycles. The molecule has 4 N–H and O–H groups in total. The minimum atomic E-state index is -3.24. The fourth-order valence-corrected chi connectivity index (χ4v) is 6.15. The summed E-state index contributed by atoms with van der Waals surface area (Å²) in [6.07, 6.45) is -7.17. The second-order valence-corrected chi connectivity index (χ2v) is 11.5. The lowest BCUT2D eigenvalue weighted by molar-refractivity contribution is 0.0504. The van der Waals surface area contributed by atoms with Gasteiger partial charge < -0.3 is 35.4 Å². The number of anilines is 2. The molecule has 1 amide bonds. The molecule has 0 saturated carbocycles. The molecule has 13 heteroatoms. The number of likely N-dealkylation sites (tertiary alicyclic amines) is 1. The number of hydrogen-bond acceptors (Lipinski definition) is 8. The number of methoxy groups -OCH3 is 2. The number of thiophene rings is 1. The van der Waals surface area contributed by atoms with Gasteiger partial charge in [0.05, 0.1) is 53.4 Å². The maximum atomic E-state index is 14.9. The number of amides is 1. The standard InChI is InChI=1S/C31H36F4N4O4S/c1-39-13-11-22(21(32)16-39)38-24-7-4-6-20-27(28(33)30(34)35)26(44-29(20)24)8-5-12-36-23-10-9-18(14-25(23)43-3)31(41)37-15-19(40)17-42-2/h4,6-7,9-10,14,19,21-22,28,30,36,38,40H,11-13,15-17H2,1-3H3,(H,37,41). The highest BCUT2D eigenvalue weighted by Crippen LogP contribution is 2.42. The van der Waals surface area contributed by atoms with Crippen molar-refractivity contribution in [2.45, 2.75) is 37.3 Å². The van der Waals surface area contributed by atoms with Gasteiger partial charge in [0, 0.05) is 43.3 Å². The van der Waals surface area contributed by atoms with Crippen LogP contribution in [0.5, 0.6) is 5.75 Å². The van der Waals surface area contributed by atoms with Crippen molar-refractivity contribution in [3.8, 4) is 17.6 Å². The van der Waals surface area contributed by atoms with E-state index in [1.807, 2.05) is 11.9 Å². The number of aliphatic hydroxyl groups is 1. The first-order valence-corrected chi connectivity index (χ1v) is 14.9. The lowest BCUT2D eigenvalue weighted by Crippen LogP contribution is -2.46. The summed E-state index contributed by atoms with van der Waals surface area (Å²) in [5.41, 5.74) is 1.21. The predicted molar refractivity (Wildman–Crippen MR) is 165 cm³/mol. The minimum Gasteiger partial charge on any atom is -0.495 e. The van der Waals surface area contributed by atoms with Crippen LogP contribution in [0, 0.1) is 11.8 Å². The highest BCUT2D eigenvalue weighted by atomic mass is 32.1. The minimum absolute atomic E-state index is 0.0156. The van der Waals surface area contributed by atoms with Gasteiger partial charge >= 0.3 is 0 Å². The lowest BCUT2D eigenvalue weighted by Gasteiger charge is -2.33. The molecule has 238 valence electrons. The number of halogens is 4. The van der Waals surface area contributed by atoms with Gasteiger partial charge in [-0.1, -0.05) is 24.0 Å². The van der Waals surface area contributed by atoms with Gasteiger partial charge in [-0.3, -0.25) is 4.79 Å². The lowest BCUT2D eigenvalue weighted by atomic mass is 10.0. The number of fused-ring (bicyclic) bond motifs is 1. The Kier molecular flexibility index (Phi) is 11.7. The molecular formula is C31H36F4N4O4S. The number of carbonyl (C=O) groups is 1. The van der Waals surface area contributed by atoms with Crippen LogP contribution in [-0.4, -0.2) is 94.7 Å². The summed E-state index contributed by atoms with van der Waals surface area (Å²) in [5, 5.41) is 19.0. The zero-order valence-corrected chi connectivity index (χ0v) is 25.4. The van der Waals surface area contributed by atoms with Gasteiger partial charge in [-0.2, -0.15) is 0 Å². The normalized spacial score (nSPS) is 18.4. The van der Waals surface area contributed by atoms with Gasteiger partial charge in [0.1, 0.15) is 11.9 Å². The maximum Gasteiger partial charge on any atom is 0.273 e.